The SMILES string of the molecule is CN(CC(=O)O)c1ccc2c(ccc(=O)n2CCC(N)=O)c1. The maximum Gasteiger partial charge on any atom is 0.323 e. The van der Waals surface area contributed by atoms with Gasteiger partial charge in [-0.3, -0.25) is 14.4 Å². The van der Waals surface area contributed by atoms with Crippen molar-refractivity contribution in [1.82, 2.24) is 4.57 Å². The highest BCUT2D eigenvalue weighted by Gasteiger charge is 2.09. The summed E-state index contributed by atoms with van der Waals surface area (Å²) in [6, 6.07) is 8.39. The number of nitrogens with two attached hydrogens (primary N) is 1. The van der Waals surface area contributed by atoms with E-state index in [1.54, 1.807) is 36.2 Å². The van der Waals surface area contributed by atoms with Crippen molar-refractivity contribution in [3.8, 4) is 0 Å². The number of aromatic nitrogens is 1. The first-order valence-electron chi connectivity index (χ1n) is 6.73. The van der Waals surface area contributed by atoms with Crippen molar-refractivity contribution in [2.24, 2.45) is 5.73 Å². The number of aliphatic carboxylic acids is 1. The van der Waals surface area contributed by atoms with Crippen molar-refractivity contribution in [2.45, 2.75) is 13.0 Å². The van der Waals surface area contributed by atoms with Gasteiger partial charge >= 0.3 is 5.97 Å². The zero-order valence-corrected chi connectivity index (χ0v) is 12.2. The first-order valence-corrected chi connectivity index (χ1v) is 6.73. The molecule has 0 aliphatic rings. The second-order valence-electron chi connectivity index (χ2n) is 5.03. The van der Waals surface area contributed by atoms with E-state index in [-0.39, 0.29) is 25.1 Å². The molecular weight excluding hydrogens is 286 g/mol. The number of carboxylic acids is 1. The Morgan fingerprint density at radius 2 is 2.00 bits per heavy atom. The summed E-state index contributed by atoms with van der Waals surface area (Å²) in [6.07, 6.45) is 0.0830. The minimum atomic E-state index is -0.922. The van der Waals surface area contributed by atoms with Crippen LogP contribution in [0.1, 0.15) is 6.42 Å². The van der Waals surface area contributed by atoms with Crippen LogP contribution in [0, 0.1) is 0 Å². The fourth-order valence-electron chi connectivity index (χ4n) is 2.28. The number of amides is 1. The van der Waals surface area contributed by atoms with Crippen LogP contribution in [0.15, 0.2) is 35.1 Å². The molecule has 3 N–H and O–H groups in total. The summed E-state index contributed by atoms with van der Waals surface area (Å²) in [6.45, 7) is 0.0998. The number of carboxylic acid groups (broad SMARTS) is 1. The number of primary amides is 1. The van der Waals surface area contributed by atoms with Gasteiger partial charge in [0.2, 0.25) is 5.91 Å². The van der Waals surface area contributed by atoms with Crippen LogP contribution in [0.3, 0.4) is 0 Å². The smallest absolute Gasteiger partial charge is 0.323 e. The Balaban J connectivity index is 2.42. The third kappa shape index (κ3) is 3.43. The van der Waals surface area contributed by atoms with Crippen molar-refractivity contribution in [1.29, 1.82) is 0 Å². The van der Waals surface area contributed by atoms with E-state index >= 15 is 0 Å². The quantitative estimate of drug-likeness (QED) is 0.803. The van der Waals surface area contributed by atoms with Crippen LogP contribution in [0.5, 0.6) is 0 Å². The molecule has 1 aromatic carbocycles. The molecule has 1 heterocycles. The van der Waals surface area contributed by atoms with Crippen LogP contribution in [-0.2, 0) is 16.1 Å². The molecule has 1 aromatic heterocycles. The second-order valence-corrected chi connectivity index (χ2v) is 5.03. The van der Waals surface area contributed by atoms with Crippen LogP contribution in [0.4, 0.5) is 5.69 Å². The third-order valence-corrected chi connectivity index (χ3v) is 3.37. The summed E-state index contributed by atoms with van der Waals surface area (Å²) >= 11 is 0. The minimum absolute atomic E-state index is 0.0830. The summed E-state index contributed by atoms with van der Waals surface area (Å²) in [5.74, 6) is -1.39. The predicted molar refractivity (Wildman–Crippen MR) is 82.9 cm³/mol. The molecule has 116 valence electrons. The molecular formula is C15H17N3O4. The maximum atomic E-state index is 11.9. The van der Waals surface area contributed by atoms with Crippen molar-refractivity contribution in [2.75, 3.05) is 18.5 Å². The van der Waals surface area contributed by atoms with Crippen LogP contribution in [0.25, 0.3) is 10.9 Å². The number of aryl methyl sites for hydroxylation is 1. The second kappa shape index (κ2) is 6.30. The number of likely N-dealkylation sites (N-methyl/N-ethyl adjacent to an activating group) is 1. The summed E-state index contributed by atoms with van der Waals surface area (Å²) in [5, 5.41) is 9.62. The highest BCUT2D eigenvalue weighted by atomic mass is 16.4. The van der Waals surface area contributed by atoms with Crippen LogP contribution in [0.2, 0.25) is 0 Å². The molecule has 1 amide bonds. The molecule has 0 atom stereocenters. The number of carbonyl (C=O) groups is 2. The number of hydrogen-bond donors (Lipinski definition) is 2. The highest BCUT2D eigenvalue weighted by Crippen LogP contribution is 2.20. The molecule has 0 fully saturated rings. The zero-order valence-electron chi connectivity index (χ0n) is 12.2. The molecule has 2 aromatic rings. The van der Waals surface area contributed by atoms with Gasteiger partial charge in [-0.1, -0.05) is 0 Å². The third-order valence-electron chi connectivity index (χ3n) is 3.37. The summed E-state index contributed by atoms with van der Waals surface area (Å²) < 4.78 is 1.49. The van der Waals surface area contributed by atoms with Crippen molar-refractivity contribution < 1.29 is 14.7 Å². The molecule has 7 nitrogen and oxygen atoms in total. The summed E-state index contributed by atoms with van der Waals surface area (Å²) in [7, 11) is 1.68. The Bertz CT molecular complexity index is 782. The van der Waals surface area contributed by atoms with Crippen molar-refractivity contribution >= 4 is 28.5 Å². The minimum Gasteiger partial charge on any atom is -0.480 e. The van der Waals surface area contributed by atoms with E-state index in [4.69, 9.17) is 10.8 Å². The Kier molecular flexibility index (Phi) is 4.45. The molecule has 2 rings (SSSR count). The van der Waals surface area contributed by atoms with E-state index < -0.39 is 11.9 Å². The van der Waals surface area contributed by atoms with Gasteiger partial charge in [0.15, 0.2) is 0 Å². The number of fused-ring (bicyclic) bond motifs is 1. The fraction of sp³-hybridized carbons (Fsp3) is 0.267. The van der Waals surface area contributed by atoms with E-state index in [0.717, 1.165) is 11.1 Å². The van der Waals surface area contributed by atoms with Gasteiger partial charge in [-0.2, -0.15) is 0 Å². The largest absolute Gasteiger partial charge is 0.480 e. The first-order chi connectivity index (χ1) is 10.4. The number of hydrogen-bond acceptors (Lipinski definition) is 4. The average molecular weight is 303 g/mol. The monoisotopic (exact) mass is 303 g/mol. The van der Waals surface area contributed by atoms with E-state index in [1.165, 1.54) is 10.6 Å². The Morgan fingerprint density at radius 3 is 2.64 bits per heavy atom. The molecule has 22 heavy (non-hydrogen) atoms. The van der Waals surface area contributed by atoms with Gasteiger partial charge in [0.25, 0.3) is 5.56 Å². The Labute approximate surface area is 126 Å². The molecule has 0 spiro atoms. The zero-order chi connectivity index (χ0) is 16.3. The topological polar surface area (TPSA) is 106 Å². The van der Waals surface area contributed by atoms with Gasteiger partial charge < -0.3 is 20.3 Å². The van der Waals surface area contributed by atoms with Crippen LogP contribution >= 0.6 is 0 Å². The summed E-state index contributed by atoms with van der Waals surface area (Å²) in [5.41, 5.74) is 6.33. The number of rotatable bonds is 6. The lowest BCUT2D eigenvalue weighted by Crippen LogP contribution is -2.25. The van der Waals surface area contributed by atoms with Gasteiger partial charge in [-0.05, 0) is 24.3 Å². The molecule has 0 radical (unpaired) electrons. The van der Waals surface area contributed by atoms with E-state index in [0.29, 0.717) is 5.52 Å². The lowest BCUT2D eigenvalue weighted by molar-refractivity contribution is -0.135. The van der Waals surface area contributed by atoms with Gasteiger partial charge in [0, 0.05) is 37.2 Å². The standard InChI is InChI=1S/C15H17N3O4/c1-17(9-15(21)22)11-3-4-12-10(8-11)2-5-14(20)18(12)7-6-13(16)19/h2-5,8H,6-7,9H2,1H3,(H2,16,19)(H,21,22). The normalized spacial score (nSPS) is 10.6. The maximum absolute atomic E-state index is 11.9. The van der Waals surface area contributed by atoms with Crippen LogP contribution in [-0.4, -0.2) is 35.1 Å². The molecule has 0 aliphatic carbocycles. The number of carbonyl (C=O) groups excluding carboxylic acids is 1. The number of nitrogens with zero attached hydrogens (tertiary/aromatic N) is 2. The Morgan fingerprint density at radius 1 is 1.27 bits per heavy atom. The molecule has 0 saturated heterocycles. The fourth-order valence-corrected chi connectivity index (χ4v) is 2.28. The van der Waals surface area contributed by atoms with Crippen LogP contribution < -0.4 is 16.2 Å². The van der Waals surface area contributed by atoms with Gasteiger partial charge in [0.1, 0.15) is 6.54 Å². The molecule has 0 aliphatic heterocycles. The number of pyridine rings is 1. The predicted octanol–water partition coefficient (Wildman–Crippen LogP) is 0.398. The number of benzene rings is 1. The van der Waals surface area contributed by atoms with Crippen molar-refractivity contribution in [3.05, 3.63) is 40.7 Å². The first kappa shape index (κ1) is 15.6. The van der Waals surface area contributed by atoms with E-state index in [9.17, 15) is 14.4 Å². The number of anilines is 1. The van der Waals surface area contributed by atoms with E-state index in [2.05, 4.69) is 0 Å². The molecule has 0 bridgehead atoms. The van der Waals surface area contributed by atoms with Gasteiger partial charge in [-0.15, -0.1) is 0 Å². The Hall–Kier alpha value is -2.83. The van der Waals surface area contributed by atoms with Crippen molar-refractivity contribution in [3.63, 3.8) is 0 Å². The molecule has 7 heteroatoms. The van der Waals surface area contributed by atoms with Gasteiger partial charge in [-0.25, -0.2) is 0 Å². The van der Waals surface area contributed by atoms with Gasteiger partial charge in [0.05, 0.1) is 5.52 Å². The molecule has 0 saturated carbocycles. The summed E-state index contributed by atoms with van der Waals surface area (Å²) in [4.78, 5) is 35.2. The lowest BCUT2D eigenvalue weighted by atomic mass is 10.1. The molecule has 0 unspecified atom stereocenters. The lowest BCUT2D eigenvalue weighted by Gasteiger charge is -2.18. The average Bonchev–Trinajstić information content (AvgIpc) is 2.44. The highest BCUT2D eigenvalue weighted by molar-refractivity contribution is 5.84. The van der Waals surface area contributed by atoms with E-state index in [1.807, 2.05) is 0 Å².